The van der Waals surface area contributed by atoms with Crippen molar-refractivity contribution in [3.63, 3.8) is 0 Å². The summed E-state index contributed by atoms with van der Waals surface area (Å²) in [7, 11) is 0. The van der Waals surface area contributed by atoms with Gasteiger partial charge in [0, 0.05) is 97.6 Å². The number of hydrogen-bond donors (Lipinski definition) is 0. The Labute approximate surface area is 95.5 Å². The second-order valence-electron chi connectivity index (χ2n) is 0. The van der Waals surface area contributed by atoms with Gasteiger partial charge in [-0.3, -0.25) is 0 Å². The number of rotatable bonds is 0. The Morgan fingerprint density at radius 1 is 1.00 bits per heavy atom. The van der Waals surface area contributed by atoms with E-state index in [0.717, 1.165) is 0 Å². The van der Waals surface area contributed by atoms with E-state index in [1.165, 1.54) is 0 Å². The van der Waals surface area contributed by atoms with Crippen molar-refractivity contribution in [2.45, 2.75) is 0 Å². The van der Waals surface area contributed by atoms with Gasteiger partial charge in [0.15, 0.2) is 0 Å². The summed E-state index contributed by atoms with van der Waals surface area (Å²) in [5, 5.41) is 0. The Kier molecular flexibility index (Phi) is 109. The summed E-state index contributed by atoms with van der Waals surface area (Å²) < 4.78 is 0. The van der Waals surface area contributed by atoms with E-state index >= 15 is 0 Å². The summed E-state index contributed by atoms with van der Waals surface area (Å²) in [6, 6.07) is 0. The molecule has 4 heteroatoms. The Morgan fingerprint density at radius 3 is 1.00 bits per heavy atom. The van der Waals surface area contributed by atoms with Crippen LogP contribution in [0.25, 0.3) is 0 Å². The van der Waals surface area contributed by atoms with E-state index < -0.39 is 0 Å². The van der Waals surface area contributed by atoms with Crippen molar-refractivity contribution in [3.05, 3.63) is 0 Å². The van der Waals surface area contributed by atoms with Crippen molar-refractivity contribution in [2.24, 2.45) is 0 Å². The van der Waals surface area contributed by atoms with E-state index in [1.54, 1.807) is 0 Å². The third kappa shape index (κ3) is 8.98. The molecule has 5 radical (unpaired) electrons. The molecule has 0 aromatic rings. The van der Waals surface area contributed by atoms with E-state index in [9.17, 15) is 0 Å². The Hall–Kier alpha value is 3.26. The molecule has 0 nitrogen and oxygen atoms in total. The van der Waals surface area contributed by atoms with Gasteiger partial charge >= 0.3 is 0 Å². The van der Waals surface area contributed by atoms with Crippen LogP contribution < -0.4 is 0 Å². The zero-order valence-corrected chi connectivity index (χ0v) is 12.1. The van der Waals surface area contributed by atoms with Crippen LogP contribution in [0.15, 0.2) is 0 Å². The predicted octanol–water partition coefficient (Wildman–Crippen LogP) is -0.388. The van der Waals surface area contributed by atoms with E-state index in [4.69, 9.17) is 0 Å². The molecule has 17 valence electrons. The maximum absolute atomic E-state index is 0. The van der Waals surface area contributed by atoms with Crippen molar-refractivity contribution < 1.29 is 70.3 Å². The minimum absolute atomic E-state index is 0. The molecule has 0 aliphatic rings. The molecule has 0 saturated carbocycles. The van der Waals surface area contributed by atoms with Gasteiger partial charge < -0.3 is 0 Å². The molecule has 0 bridgehead atoms. The van der Waals surface area contributed by atoms with Gasteiger partial charge in [0.1, 0.15) is 0 Å². The molecular formula is NbPbTiZr. The average molecular weight is 439 g/mol. The minimum Gasteiger partial charge on any atom is 0 e. The third-order valence-corrected chi connectivity index (χ3v) is 0. The first kappa shape index (κ1) is 26.8. The average Bonchev–Trinajstić information content (AvgIpc) is 0. The Morgan fingerprint density at radius 2 is 1.00 bits per heavy atom. The van der Waals surface area contributed by atoms with Gasteiger partial charge in [-0.2, -0.15) is 0 Å². The van der Waals surface area contributed by atoms with Gasteiger partial charge in [0.2, 0.25) is 0 Å². The van der Waals surface area contributed by atoms with Crippen molar-refractivity contribution in [3.8, 4) is 0 Å². The molecule has 0 amide bonds. The minimum atomic E-state index is 0. The molecule has 0 rings (SSSR count). The van der Waals surface area contributed by atoms with E-state index in [-0.39, 0.29) is 97.6 Å². The molecular weight excluding hydrogens is 439 g/mol. The zero-order chi connectivity index (χ0) is 0. The smallest absolute Gasteiger partial charge is 0 e. The third-order valence-electron chi connectivity index (χ3n) is 0. The monoisotopic (exact) mass is 439 g/mol. The molecule has 0 aromatic heterocycles. The summed E-state index contributed by atoms with van der Waals surface area (Å²) in [6.07, 6.45) is 0. The topological polar surface area (TPSA) is 0 Å². The van der Waals surface area contributed by atoms with E-state index in [0.29, 0.717) is 0 Å². The molecule has 0 aliphatic carbocycles. The van der Waals surface area contributed by atoms with Gasteiger partial charge in [-0.1, -0.05) is 0 Å². The molecule has 0 N–H and O–H groups in total. The van der Waals surface area contributed by atoms with Crippen LogP contribution in [0, 0.1) is 0 Å². The fourth-order valence-electron chi connectivity index (χ4n) is 0. The summed E-state index contributed by atoms with van der Waals surface area (Å²) in [5.41, 5.74) is 0. The van der Waals surface area contributed by atoms with Crippen LogP contribution in [-0.2, 0) is 70.3 Å². The van der Waals surface area contributed by atoms with Crippen LogP contribution >= 0.6 is 0 Å². The molecule has 0 saturated heterocycles. The largest absolute Gasteiger partial charge is 0 e. The first-order valence-corrected chi connectivity index (χ1v) is 0. The van der Waals surface area contributed by atoms with Gasteiger partial charge in [0.05, 0.1) is 0 Å². The molecule has 0 aliphatic heterocycles. The van der Waals surface area contributed by atoms with Crippen LogP contribution in [0.2, 0.25) is 0 Å². The molecule has 0 fully saturated rings. The van der Waals surface area contributed by atoms with Crippen molar-refractivity contribution in [1.29, 1.82) is 0 Å². The first-order valence-electron chi connectivity index (χ1n) is 0. The van der Waals surface area contributed by atoms with Crippen molar-refractivity contribution >= 4 is 27.3 Å². The molecule has 0 aromatic carbocycles. The fraction of sp³-hybridized carbons (Fsp3) is 0. The van der Waals surface area contributed by atoms with Gasteiger partial charge in [0.25, 0.3) is 0 Å². The van der Waals surface area contributed by atoms with Crippen molar-refractivity contribution in [2.75, 3.05) is 0 Å². The maximum Gasteiger partial charge on any atom is 0 e. The number of hydrogen-bond acceptors (Lipinski definition) is 0. The SMILES string of the molecule is [Nb].[Pb].[Ti].[Zr]. The van der Waals surface area contributed by atoms with Crippen LogP contribution in [0.4, 0.5) is 0 Å². The zero-order valence-electron chi connectivity index (χ0n) is 1.95. The van der Waals surface area contributed by atoms with Gasteiger partial charge in [-0.25, -0.2) is 0 Å². The normalized spacial score (nSPS) is 0. The standard InChI is InChI=1S/Nb.Pb.Ti.Zr. The Bertz CT molecular complexity index is 8.00. The van der Waals surface area contributed by atoms with E-state index in [2.05, 4.69) is 0 Å². The molecule has 0 spiro atoms. The van der Waals surface area contributed by atoms with Crippen molar-refractivity contribution in [1.82, 2.24) is 0 Å². The molecule has 0 atom stereocenters. The second-order valence-corrected chi connectivity index (χ2v) is 0. The predicted molar refractivity (Wildman–Crippen MR) is 5.75 cm³/mol. The van der Waals surface area contributed by atoms with Crippen LogP contribution in [0.3, 0.4) is 0 Å². The summed E-state index contributed by atoms with van der Waals surface area (Å²) in [5.74, 6) is 0. The van der Waals surface area contributed by atoms with Gasteiger partial charge in [-0.05, 0) is 0 Å². The summed E-state index contributed by atoms with van der Waals surface area (Å²) in [4.78, 5) is 0. The summed E-state index contributed by atoms with van der Waals surface area (Å²) in [6.45, 7) is 0. The molecule has 0 unspecified atom stereocenters. The van der Waals surface area contributed by atoms with Gasteiger partial charge in [-0.15, -0.1) is 0 Å². The van der Waals surface area contributed by atoms with Crippen LogP contribution in [0.5, 0.6) is 0 Å². The molecule has 4 heavy (non-hydrogen) atoms. The van der Waals surface area contributed by atoms with Crippen LogP contribution in [-0.4, -0.2) is 27.3 Å². The van der Waals surface area contributed by atoms with E-state index in [1.807, 2.05) is 0 Å². The summed E-state index contributed by atoms with van der Waals surface area (Å²) >= 11 is 0. The maximum atomic E-state index is 0. The molecule has 0 heterocycles. The van der Waals surface area contributed by atoms with Crippen LogP contribution in [0.1, 0.15) is 0 Å². The first-order chi connectivity index (χ1) is 0. The fourth-order valence-corrected chi connectivity index (χ4v) is 0. The Balaban J connectivity index is 0. The second kappa shape index (κ2) is 16.3. The quantitative estimate of drug-likeness (QED) is 0.452.